The summed E-state index contributed by atoms with van der Waals surface area (Å²) in [6.07, 6.45) is 8.36. The summed E-state index contributed by atoms with van der Waals surface area (Å²) >= 11 is 0. The maximum atomic E-state index is 10.2. The van der Waals surface area contributed by atoms with Crippen LogP contribution in [0.4, 0.5) is 0 Å². The third kappa shape index (κ3) is 13.1. The molecule has 0 spiro atoms. The van der Waals surface area contributed by atoms with Crippen molar-refractivity contribution in [1.82, 2.24) is 0 Å². The van der Waals surface area contributed by atoms with E-state index in [-0.39, 0.29) is 51.4 Å². The van der Waals surface area contributed by atoms with Gasteiger partial charge in [0.05, 0.1) is 12.1 Å². The second-order valence-electron chi connectivity index (χ2n) is 4.10. The van der Waals surface area contributed by atoms with Gasteiger partial charge in [-0.05, 0) is 6.42 Å². The Morgan fingerprint density at radius 1 is 1.06 bits per heavy atom. The van der Waals surface area contributed by atoms with Crippen molar-refractivity contribution < 1.29 is 66.4 Å². The number of carbonyl (C=O) groups excluding carboxylic acids is 1. The number of carboxylic acids is 1. The molecule has 1 atom stereocenters. The van der Waals surface area contributed by atoms with Crippen LogP contribution in [0.1, 0.15) is 64.7 Å². The summed E-state index contributed by atoms with van der Waals surface area (Å²) < 4.78 is 0. The predicted octanol–water partition coefficient (Wildman–Crippen LogP) is -1.37. The summed E-state index contributed by atoms with van der Waals surface area (Å²) in [5.41, 5.74) is 0. The average molecular weight is 254 g/mol. The normalized spacial score (nSPS) is 11.9. The Labute approximate surface area is 141 Å². The molecule has 90 valence electrons. The summed E-state index contributed by atoms with van der Waals surface area (Å²) in [4.78, 5) is 10.2. The quantitative estimate of drug-likeness (QED) is 0.387. The zero-order valence-corrected chi connectivity index (χ0v) is 13.8. The number of rotatable bonds is 10. The summed E-state index contributed by atoms with van der Waals surface area (Å²) in [6.45, 7) is 2.20. The summed E-state index contributed by atoms with van der Waals surface area (Å²) in [6, 6.07) is 0. The molecule has 0 radical (unpaired) electrons. The van der Waals surface area contributed by atoms with Crippen LogP contribution in [0.3, 0.4) is 0 Å². The van der Waals surface area contributed by atoms with Crippen LogP contribution in [0.2, 0.25) is 0 Å². The Kier molecular flexibility index (Phi) is 17.1. The van der Waals surface area contributed by atoms with Crippen LogP contribution in [-0.2, 0) is 4.79 Å². The second kappa shape index (κ2) is 14.1. The first-order valence-corrected chi connectivity index (χ1v) is 6.07. The first-order chi connectivity index (χ1) is 7.18. The van der Waals surface area contributed by atoms with Gasteiger partial charge in [-0.1, -0.05) is 58.3 Å². The Bertz CT molecular complexity index is 162. The Morgan fingerprint density at radius 3 is 1.94 bits per heavy atom. The number of unbranched alkanes of at least 4 members (excludes halogenated alkanes) is 7. The molecule has 0 aliphatic heterocycles. The minimum absolute atomic E-state index is 0. The van der Waals surface area contributed by atoms with Crippen molar-refractivity contribution >= 4 is 5.97 Å². The number of aliphatic hydroxyl groups excluding tert-OH is 1. The largest absolute Gasteiger partial charge is 1.00 e. The fraction of sp³-hybridized carbons (Fsp3) is 0.917. The molecule has 0 aromatic carbocycles. The number of carboxylic acid groups (broad SMARTS) is 1. The molecular formula is C12H23KO3. The topological polar surface area (TPSA) is 60.4 Å². The number of aliphatic hydroxyl groups is 1. The van der Waals surface area contributed by atoms with Crippen LogP contribution in [-0.4, -0.2) is 17.2 Å². The molecular weight excluding hydrogens is 231 g/mol. The van der Waals surface area contributed by atoms with E-state index < -0.39 is 12.1 Å². The Hall–Kier alpha value is 1.07. The first kappa shape index (κ1) is 19.4. The molecule has 3 nitrogen and oxygen atoms in total. The van der Waals surface area contributed by atoms with E-state index in [1.165, 1.54) is 32.1 Å². The van der Waals surface area contributed by atoms with Gasteiger partial charge in [0.25, 0.3) is 0 Å². The van der Waals surface area contributed by atoms with E-state index >= 15 is 0 Å². The van der Waals surface area contributed by atoms with Crippen molar-refractivity contribution in [2.45, 2.75) is 70.8 Å². The van der Waals surface area contributed by atoms with Crippen LogP contribution >= 0.6 is 0 Å². The second-order valence-corrected chi connectivity index (χ2v) is 4.10. The van der Waals surface area contributed by atoms with Crippen LogP contribution in [0.25, 0.3) is 0 Å². The predicted molar refractivity (Wildman–Crippen MR) is 58.2 cm³/mol. The van der Waals surface area contributed by atoms with Gasteiger partial charge >= 0.3 is 51.4 Å². The monoisotopic (exact) mass is 254 g/mol. The minimum atomic E-state index is -1.35. The van der Waals surface area contributed by atoms with Crippen LogP contribution in [0, 0.1) is 0 Å². The molecule has 0 aliphatic carbocycles. The van der Waals surface area contributed by atoms with Gasteiger partial charge < -0.3 is 15.0 Å². The molecule has 0 saturated heterocycles. The third-order valence-electron chi connectivity index (χ3n) is 2.60. The van der Waals surface area contributed by atoms with Crippen molar-refractivity contribution in [1.29, 1.82) is 0 Å². The van der Waals surface area contributed by atoms with Crippen molar-refractivity contribution in [2.24, 2.45) is 0 Å². The van der Waals surface area contributed by atoms with Crippen molar-refractivity contribution in [3.63, 3.8) is 0 Å². The fourth-order valence-corrected chi connectivity index (χ4v) is 1.59. The molecule has 0 heterocycles. The maximum absolute atomic E-state index is 10.2. The fourth-order valence-electron chi connectivity index (χ4n) is 1.59. The summed E-state index contributed by atoms with van der Waals surface area (Å²) in [7, 11) is 0. The molecule has 1 N–H and O–H groups in total. The van der Waals surface area contributed by atoms with Crippen molar-refractivity contribution in [2.75, 3.05) is 0 Å². The molecule has 0 amide bonds. The molecule has 0 fully saturated rings. The van der Waals surface area contributed by atoms with Gasteiger partial charge in [0.2, 0.25) is 0 Å². The standard InChI is InChI=1S/C12H24O3.K/c1-2-3-4-5-6-7-8-9-10-11(13)12(14)15;/h11,13H,2-10H2,1H3,(H,14,15);/q;+1/p-1. The number of hydrogen-bond acceptors (Lipinski definition) is 3. The van der Waals surface area contributed by atoms with Gasteiger partial charge in [-0.15, -0.1) is 0 Å². The summed E-state index contributed by atoms with van der Waals surface area (Å²) in [5.74, 6) is -1.35. The third-order valence-corrected chi connectivity index (χ3v) is 2.60. The van der Waals surface area contributed by atoms with E-state index in [0.29, 0.717) is 6.42 Å². The van der Waals surface area contributed by atoms with E-state index in [4.69, 9.17) is 5.11 Å². The van der Waals surface area contributed by atoms with E-state index in [9.17, 15) is 9.90 Å². The van der Waals surface area contributed by atoms with Gasteiger partial charge in [-0.25, -0.2) is 0 Å². The van der Waals surface area contributed by atoms with E-state index in [0.717, 1.165) is 19.3 Å². The molecule has 0 rings (SSSR count). The van der Waals surface area contributed by atoms with Gasteiger partial charge in [-0.2, -0.15) is 0 Å². The maximum Gasteiger partial charge on any atom is 1.00 e. The molecule has 0 saturated carbocycles. The number of hydrogen-bond donors (Lipinski definition) is 1. The molecule has 4 heteroatoms. The van der Waals surface area contributed by atoms with Gasteiger partial charge in [0, 0.05) is 0 Å². The van der Waals surface area contributed by atoms with Gasteiger partial charge in [0.1, 0.15) is 0 Å². The van der Waals surface area contributed by atoms with E-state index in [1.54, 1.807) is 0 Å². The molecule has 0 aromatic rings. The average Bonchev–Trinajstić information content (AvgIpc) is 2.21. The molecule has 1 unspecified atom stereocenters. The smallest absolute Gasteiger partial charge is 0.547 e. The first-order valence-electron chi connectivity index (χ1n) is 6.07. The van der Waals surface area contributed by atoms with E-state index in [1.807, 2.05) is 0 Å². The van der Waals surface area contributed by atoms with E-state index in [2.05, 4.69) is 6.92 Å². The minimum Gasteiger partial charge on any atom is -0.547 e. The Balaban J connectivity index is 0. The van der Waals surface area contributed by atoms with Crippen LogP contribution in [0.15, 0.2) is 0 Å². The molecule has 0 bridgehead atoms. The number of carbonyl (C=O) groups is 1. The van der Waals surface area contributed by atoms with Gasteiger partial charge in [-0.3, -0.25) is 0 Å². The molecule has 0 aliphatic rings. The van der Waals surface area contributed by atoms with Crippen LogP contribution < -0.4 is 56.5 Å². The summed E-state index contributed by atoms with van der Waals surface area (Å²) in [5, 5.41) is 19.1. The molecule has 16 heavy (non-hydrogen) atoms. The Morgan fingerprint density at radius 2 is 1.50 bits per heavy atom. The zero-order chi connectivity index (χ0) is 11.5. The number of aliphatic carboxylic acids is 1. The molecule has 0 aromatic heterocycles. The zero-order valence-electron chi connectivity index (χ0n) is 10.7. The SMILES string of the molecule is CCCCCCCCCCC(O)C(=O)[O-].[K+]. The van der Waals surface area contributed by atoms with Crippen molar-refractivity contribution in [3.05, 3.63) is 0 Å². The van der Waals surface area contributed by atoms with Crippen molar-refractivity contribution in [3.8, 4) is 0 Å². The van der Waals surface area contributed by atoms with Gasteiger partial charge in [0.15, 0.2) is 0 Å². The van der Waals surface area contributed by atoms with Crippen LogP contribution in [0.5, 0.6) is 0 Å².